The Labute approximate surface area is 114 Å². The van der Waals surface area contributed by atoms with Crippen LogP contribution in [0, 0.1) is 6.92 Å². The molecule has 1 aromatic carbocycles. The van der Waals surface area contributed by atoms with Crippen molar-refractivity contribution in [1.82, 2.24) is 4.98 Å². The molecule has 0 aliphatic carbocycles. The molecule has 0 saturated carbocycles. The minimum atomic E-state index is 0.0376. The molecule has 2 aromatic rings. The van der Waals surface area contributed by atoms with E-state index < -0.39 is 0 Å². The second-order valence-corrected chi connectivity index (χ2v) is 5.11. The molecule has 0 unspecified atom stereocenters. The molecule has 0 N–H and O–H groups in total. The van der Waals surface area contributed by atoms with Gasteiger partial charge in [-0.25, -0.2) is 4.98 Å². The Kier molecular flexibility index (Phi) is 3.99. The van der Waals surface area contributed by atoms with Crippen LogP contribution in [-0.4, -0.2) is 17.9 Å². The number of aryl methyl sites for hydroxylation is 1. The van der Waals surface area contributed by atoms with Gasteiger partial charge in [0.05, 0.1) is 23.2 Å². The molecule has 5 heteroatoms. The molecule has 0 amide bonds. The number of hydrogen-bond acceptors (Lipinski definition) is 4. The van der Waals surface area contributed by atoms with Gasteiger partial charge in [-0.15, -0.1) is 11.3 Å². The maximum atomic E-state index is 12.1. The van der Waals surface area contributed by atoms with Crippen LogP contribution in [0.5, 0.6) is 5.75 Å². The number of hydrogen-bond donors (Lipinski definition) is 0. The fraction of sp³-hybridized carbons (Fsp3) is 0.231. The van der Waals surface area contributed by atoms with Crippen molar-refractivity contribution in [1.29, 1.82) is 0 Å². The highest BCUT2D eigenvalue weighted by molar-refractivity contribution is 7.11. The zero-order valence-corrected chi connectivity index (χ0v) is 11.6. The number of halogens is 1. The van der Waals surface area contributed by atoms with Crippen LogP contribution in [0.4, 0.5) is 0 Å². The van der Waals surface area contributed by atoms with E-state index in [4.69, 9.17) is 16.3 Å². The Morgan fingerprint density at radius 2 is 2.28 bits per heavy atom. The normalized spacial score (nSPS) is 10.4. The van der Waals surface area contributed by atoms with E-state index in [9.17, 15) is 4.79 Å². The monoisotopic (exact) mass is 281 g/mol. The molecule has 0 atom stereocenters. The second kappa shape index (κ2) is 5.50. The number of aromatic nitrogens is 1. The number of carbonyl (C=O) groups excluding carboxylic acids is 1. The highest BCUT2D eigenvalue weighted by Gasteiger charge is 2.15. The zero-order chi connectivity index (χ0) is 13.1. The number of thiazole rings is 1. The van der Waals surface area contributed by atoms with Crippen molar-refractivity contribution in [3.63, 3.8) is 0 Å². The van der Waals surface area contributed by atoms with Crippen LogP contribution >= 0.6 is 22.9 Å². The number of rotatable bonds is 4. The predicted molar refractivity (Wildman–Crippen MR) is 72.9 cm³/mol. The summed E-state index contributed by atoms with van der Waals surface area (Å²) in [5, 5.41) is 0.597. The van der Waals surface area contributed by atoms with Crippen LogP contribution in [0.3, 0.4) is 0 Å². The third-order valence-corrected chi connectivity index (χ3v) is 3.80. The average molecular weight is 282 g/mol. The Morgan fingerprint density at radius 1 is 1.50 bits per heavy atom. The molecular weight excluding hydrogens is 270 g/mol. The van der Waals surface area contributed by atoms with Crippen molar-refractivity contribution in [2.75, 3.05) is 7.11 Å². The summed E-state index contributed by atoms with van der Waals surface area (Å²) in [7, 11) is 1.58. The van der Waals surface area contributed by atoms with Crippen LogP contribution in [0.15, 0.2) is 23.7 Å². The first-order valence-corrected chi connectivity index (χ1v) is 6.63. The Hall–Kier alpha value is -1.39. The summed E-state index contributed by atoms with van der Waals surface area (Å²) in [6, 6.07) is 5.27. The number of ketones is 1. The summed E-state index contributed by atoms with van der Waals surface area (Å²) in [4.78, 5) is 16.9. The van der Waals surface area contributed by atoms with Gasteiger partial charge in [-0.1, -0.05) is 11.6 Å². The molecule has 2 rings (SSSR count). The summed E-state index contributed by atoms with van der Waals surface area (Å²) >= 11 is 7.30. The highest BCUT2D eigenvalue weighted by Crippen LogP contribution is 2.25. The van der Waals surface area contributed by atoms with Crippen molar-refractivity contribution >= 4 is 28.7 Å². The van der Waals surface area contributed by atoms with Gasteiger partial charge in [0.1, 0.15) is 5.75 Å². The minimum Gasteiger partial charge on any atom is -0.496 e. The van der Waals surface area contributed by atoms with Crippen LogP contribution in [0.25, 0.3) is 0 Å². The van der Waals surface area contributed by atoms with Gasteiger partial charge in [0, 0.05) is 17.0 Å². The van der Waals surface area contributed by atoms with Gasteiger partial charge in [0.2, 0.25) is 0 Å². The van der Waals surface area contributed by atoms with E-state index in [1.165, 1.54) is 11.3 Å². The van der Waals surface area contributed by atoms with E-state index >= 15 is 0 Å². The lowest BCUT2D eigenvalue weighted by Gasteiger charge is -2.07. The van der Waals surface area contributed by atoms with Crippen LogP contribution in [0.2, 0.25) is 5.02 Å². The first-order chi connectivity index (χ1) is 8.61. The van der Waals surface area contributed by atoms with Crippen LogP contribution in [0.1, 0.15) is 20.9 Å². The van der Waals surface area contributed by atoms with E-state index in [1.807, 2.05) is 6.92 Å². The number of Topliss-reactive ketones (excluding diaryl/α,β-unsaturated/α-hetero) is 1. The largest absolute Gasteiger partial charge is 0.496 e. The van der Waals surface area contributed by atoms with Gasteiger partial charge in [0.15, 0.2) is 5.78 Å². The lowest BCUT2D eigenvalue weighted by Crippen LogP contribution is -2.04. The van der Waals surface area contributed by atoms with Gasteiger partial charge in [-0.05, 0) is 25.1 Å². The number of carbonyl (C=O) groups is 1. The SMILES string of the molecule is COc1ccc(Cl)cc1CC(=O)c1scnc1C. The molecule has 3 nitrogen and oxygen atoms in total. The molecule has 94 valence electrons. The van der Waals surface area contributed by atoms with E-state index in [0.29, 0.717) is 15.6 Å². The number of benzene rings is 1. The van der Waals surface area contributed by atoms with Crippen LogP contribution in [-0.2, 0) is 6.42 Å². The molecular formula is C13H12ClNO2S. The summed E-state index contributed by atoms with van der Waals surface area (Å²) in [5.74, 6) is 0.713. The maximum Gasteiger partial charge on any atom is 0.179 e. The molecule has 0 saturated heterocycles. The molecule has 0 aliphatic rings. The second-order valence-electron chi connectivity index (χ2n) is 3.82. The first-order valence-electron chi connectivity index (χ1n) is 5.37. The van der Waals surface area contributed by atoms with Crippen molar-refractivity contribution in [3.05, 3.63) is 44.9 Å². The summed E-state index contributed by atoms with van der Waals surface area (Å²) in [6.45, 7) is 1.83. The predicted octanol–water partition coefficient (Wildman–Crippen LogP) is 3.54. The van der Waals surface area contributed by atoms with Crippen molar-refractivity contribution in [2.45, 2.75) is 13.3 Å². The Bertz CT molecular complexity index is 580. The van der Waals surface area contributed by atoms with E-state index in [2.05, 4.69) is 4.98 Å². The number of ether oxygens (including phenoxy) is 1. The van der Waals surface area contributed by atoms with Crippen molar-refractivity contribution < 1.29 is 9.53 Å². The zero-order valence-electron chi connectivity index (χ0n) is 10.1. The molecule has 1 aromatic heterocycles. The van der Waals surface area contributed by atoms with Gasteiger partial charge >= 0.3 is 0 Å². The third-order valence-electron chi connectivity index (χ3n) is 2.59. The van der Waals surface area contributed by atoms with Gasteiger partial charge in [-0.2, -0.15) is 0 Å². The molecule has 1 heterocycles. The van der Waals surface area contributed by atoms with Gasteiger partial charge in [0.25, 0.3) is 0 Å². The van der Waals surface area contributed by atoms with E-state index in [-0.39, 0.29) is 12.2 Å². The molecule has 0 radical (unpaired) electrons. The standard InChI is InChI=1S/C13H12ClNO2S/c1-8-13(18-7-15-8)11(16)6-9-5-10(14)3-4-12(9)17-2/h3-5,7H,6H2,1-2H3. The molecule has 0 aliphatic heterocycles. The Balaban J connectivity index is 2.27. The molecule has 0 bridgehead atoms. The molecule has 18 heavy (non-hydrogen) atoms. The highest BCUT2D eigenvalue weighted by atomic mass is 35.5. The minimum absolute atomic E-state index is 0.0376. The topological polar surface area (TPSA) is 39.2 Å². The number of methoxy groups -OCH3 is 1. The fourth-order valence-corrected chi connectivity index (χ4v) is 2.65. The number of nitrogens with zero attached hydrogens (tertiary/aromatic N) is 1. The fourth-order valence-electron chi connectivity index (χ4n) is 1.71. The Morgan fingerprint density at radius 3 is 2.89 bits per heavy atom. The van der Waals surface area contributed by atoms with Gasteiger partial charge in [-0.3, -0.25) is 4.79 Å². The lowest BCUT2D eigenvalue weighted by atomic mass is 10.1. The van der Waals surface area contributed by atoms with E-state index in [1.54, 1.807) is 30.8 Å². The third kappa shape index (κ3) is 2.71. The summed E-state index contributed by atoms with van der Waals surface area (Å²) in [6.07, 6.45) is 0.271. The smallest absolute Gasteiger partial charge is 0.179 e. The van der Waals surface area contributed by atoms with E-state index in [0.717, 1.165) is 11.3 Å². The van der Waals surface area contributed by atoms with Crippen molar-refractivity contribution in [3.8, 4) is 5.75 Å². The van der Waals surface area contributed by atoms with Crippen molar-refractivity contribution in [2.24, 2.45) is 0 Å². The molecule has 0 fully saturated rings. The lowest BCUT2D eigenvalue weighted by molar-refractivity contribution is 0.0995. The molecule has 0 spiro atoms. The maximum absolute atomic E-state index is 12.1. The quantitative estimate of drug-likeness (QED) is 0.805. The average Bonchev–Trinajstić information content (AvgIpc) is 2.76. The first kappa shape index (κ1) is 13.1. The summed E-state index contributed by atoms with van der Waals surface area (Å²) < 4.78 is 5.23. The van der Waals surface area contributed by atoms with Gasteiger partial charge < -0.3 is 4.74 Å². The van der Waals surface area contributed by atoms with Crippen LogP contribution < -0.4 is 4.74 Å². The summed E-state index contributed by atoms with van der Waals surface area (Å²) in [5.41, 5.74) is 3.24.